The van der Waals surface area contributed by atoms with Crippen LogP contribution in [-0.4, -0.2) is 22.1 Å². The summed E-state index contributed by atoms with van der Waals surface area (Å²) in [6, 6.07) is 0.375. The van der Waals surface area contributed by atoms with Gasteiger partial charge < -0.3 is 15.5 Å². The smallest absolute Gasteiger partial charge is 0.318 e. The van der Waals surface area contributed by atoms with Gasteiger partial charge in [-0.25, -0.2) is 0 Å². The first-order valence-electron chi connectivity index (χ1n) is 4.35. The minimum Gasteiger partial charge on any atom is -0.467 e. The average Bonchev–Trinajstić information content (AvgIpc) is 2.61. The number of aromatic nitrogens is 3. The lowest BCUT2D eigenvalue weighted by molar-refractivity contribution is 0.380. The van der Waals surface area contributed by atoms with Gasteiger partial charge in [-0.3, -0.25) is 0 Å². The van der Waals surface area contributed by atoms with Crippen molar-refractivity contribution in [3.05, 3.63) is 17.5 Å². The molecule has 2 rings (SSSR count). The number of fused-ring (bicyclic) bond motifs is 1. The van der Waals surface area contributed by atoms with Gasteiger partial charge in [0.25, 0.3) is 0 Å². The fourth-order valence-corrected chi connectivity index (χ4v) is 1.52. The molecule has 2 heterocycles. The molecule has 0 saturated carbocycles. The van der Waals surface area contributed by atoms with E-state index >= 15 is 0 Å². The van der Waals surface area contributed by atoms with Crippen LogP contribution < -0.4 is 10.5 Å². The van der Waals surface area contributed by atoms with E-state index in [4.69, 9.17) is 10.5 Å². The Kier molecular flexibility index (Phi) is 2.09. The molecule has 0 radical (unpaired) electrons. The van der Waals surface area contributed by atoms with Crippen LogP contribution in [0.25, 0.3) is 11.0 Å². The Bertz CT molecular complexity index is 463. The van der Waals surface area contributed by atoms with Gasteiger partial charge in [-0.1, -0.05) is 0 Å². The molecule has 3 N–H and O–H groups in total. The number of aryl methyl sites for hydroxylation is 1. The van der Waals surface area contributed by atoms with Crippen LogP contribution in [0.15, 0.2) is 6.20 Å². The van der Waals surface area contributed by atoms with Gasteiger partial charge in [0, 0.05) is 18.1 Å². The van der Waals surface area contributed by atoms with Crippen molar-refractivity contribution in [3.63, 3.8) is 0 Å². The molecule has 0 amide bonds. The number of nitrogens with two attached hydrogens (primary N) is 1. The Morgan fingerprint density at radius 2 is 2.29 bits per heavy atom. The van der Waals surface area contributed by atoms with Crippen molar-refractivity contribution in [1.82, 2.24) is 15.0 Å². The lowest BCUT2D eigenvalue weighted by atomic mass is 10.2. The third-order valence-electron chi connectivity index (χ3n) is 2.18. The molecule has 74 valence electrons. The van der Waals surface area contributed by atoms with Crippen LogP contribution in [0.4, 0.5) is 0 Å². The van der Waals surface area contributed by atoms with Crippen molar-refractivity contribution in [3.8, 4) is 6.01 Å². The Balaban J connectivity index is 2.72. The molecule has 0 atom stereocenters. The van der Waals surface area contributed by atoms with Gasteiger partial charge in [0.2, 0.25) is 0 Å². The normalized spacial score (nSPS) is 10.8. The highest BCUT2D eigenvalue weighted by Gasteiger charge is 2.09. The van der Waals surface area contributed by atoms with E-state index in [0.29, 0.717) is 12.6 Å². The van der Waals surface area contributed by atoms with E-state index in [0.717, 1.165) is 22.3 Å². The summed E-state index contributed by atoms with van der Waals surface area (Å²) in [5.74, 6) is 0. The maximum absolute atomic E-state index is 5.59. The van der Waals surface area contributed by atoms with Gasteiger partial charge in [0.15, 0.2) is 0 Å². The van der Waals surface area contributed by atoms with E-state index in [2.05, 4.69) is 15.0 Å². The summed E-state index contributed by atoms with van der Waals surface area (Å²) in [6.45, 7) is 2.40. The number of rotatable bonds is 2. The maximum atomic E-state index is 5.59. The van der Waals surface area contributed by atoms with Gasteiger partial charge in [-0.15, -0.1) is 0 Å². The molecule has 14 heavy (non-hydrogen) atoms. The van der Waals surface area contributed by atoms with Gasteiger partial charge >= 0.3 is 6.01 Å². The molecule has 0 bridgehead atoms. The summed E-state index contributed by atoms with van der Waals surface area (Å²) >= 11 is 0. The molecule has 0 aromatic carbocycles. The summed E-state index contributed by atoms with van der Waals surface area (Å²) in [5.41, 5.74) is 8.28. The number of hydrogen-bond donors (Lipinski definition) is 2. The van der Waals surface area contributed by atoms with E-state index < -0.39 is 0 Å². The Labute approximate surface area is 81.3 Å². The Morgan fingerprint density at radius 3 is 2.93 bits per heavy atom. The quantitative estimate of drug-likeness (QED) is 0.735. The summed E-state index contributed by atoms with van der Waals surface area (Å²) in [4.78, 5) is 11.4. The molecular formula is C9H12N4O. The number of nitrogens with zero attached hydrogens (tertiary/aromatic N) is 2. The molecule has 2 aromatic rings. The van der Waals surface area contributed by atoms with Crippen LogP contribution >= 0.6 is 0 Å². The summed E-state index contributed by atoms with van der Waals surface area (Å²) in [5, 5.41) is 0.994. The average molecular weight is 192 g/mol. The number of ether oxygens (including phenoxy) is 1. The molecule has 5 heteroatoms. The highest BCUT2D eigenvalue weighted by atomic mass is 16.5. The van der Waals surface area contributed by atoms with E-state index in [9.17, 15) is 0 Å². The van der Waals surface area contributed by atoms with Crippen LogP contribution in [0.3, 0.4) is 0 Å². The molecule has 0 unspecified atom stereocenters. The van der Waals surface area contributed by atoms with Crippen molar-refractivity contribution in [2.75, 3.05) is 7.11 Å². The largest absolute Gasteiger partial charge is 0.467 e. The molecule has 0 aliphatic heterocycles. The topological polar surface area (TPSA) is 76.8 Å². The van der Waals surface area contributed by atoms with Crippen molar-refractivity contribution in [2.45, 2.75) is 13.5 Å². The summed E-state index contributed by atoms with van der Waals surface area (Å²) < 4.78 is 4.97. The number of aromatic amines is 1. The minimum absolute atomic E-state index is 0.375. The predicted octanol–water partition coefficient (Wildman–Crippen LogP) is 0.734. The van der Waals surface area contributed by atoms with Gasteiger partial charge in [0.05, 0.1) is 12.8 Å². The molecule has 5 nitrogen and oxygen atoms in total. The molecule has 0 fully saturated rings. The highest BCUT2D eigenvalue weighted by Crippen LogP contribution is 2.20. The lowest BCUT2D eigenvalue weighted by Crippen LogP contribution is -1.98. The third kappa shape index (κ3) is 1.22. The zero-order valence-electron chi connectivity index (χ0n) is 8.16. The number of nitrogens with one attached hydrogen (secondary N) is 1. The van der Waals surface area contributed by atoms with Crippen LogP contribution in [0.2, 0.25) is 0 Å². The first-order valence-corrected chi connectivity index (χ1v) is 4.35. The van der Waals surface area contributed by atoms with Crippen LogP contribution in [0.1, 0.15) is 11.3 Å². The molecular weight excluding hydrogens is 180 g/mol. The minimum atomic E-state index is 0.375. The van der Waals surface area contributed by atoms with Gasteiger partial charge in [-0.2, -0.15) is 9.97 Å². The second-order valence-electron chi connectivity index (χ2n) is 3.04. The number of methoxy groups -OCH3 is 1. The third-order valence-corrected chi connectivity index (χ3v) is 2.18. The van der Waals surface area contributed by atoms with Crippen LogP contribution in [0, 0.1) is 6.92 Å². The standard InChI is InChI=1S/C9H12N4O/c1-5-7-6(3-10)4-11-8(7)13-9(12-5)14-2/h4H,3,10H2,1-2H3,(H,11,12,13). The lowest BCUT2D eigenvalue weighted by Gasteiger charge is -2.01. The van der Waals surface area contributed by atoms with Crippen LogP contribution in [-0.2, 0) is 6.54 Å². The highest BCUT2D eigenvalue weighted by molar-refractivity contribution is 5.82. The Morgan fingerprint density at radius 1 is 1.50 bits per heavy atom. The van der Waals surface area contributed by atoms with E-state index in [-0.39, 0.29) is 0 Å². The van der Waals surface area contributed by atoms with E-state index in [1.54, 1.807) is 7.11 Å². The first-order chi connectivity index (χ1) is 6.76. The molecule has 0 aliphatic carbocycles. The van der Waals surface area contributed by atoms with E-state index in [1.165, 1.54) is 0 Å². The van der Waals surface area contributed by atoms with Gasteiger partial charge in [-0.05, 0) is 12.5 Å². The van der Waals surface area contributed by atoms with Crippen molar-refractivity contribution in [1.29, 1.82) is 0 Å². The number of H-pyrrole nitrogens is 1. The van der Waals surface area contributed by atoms with Crippen molar-refractivity contribution in [2.24, 2.45) is 5.73 Å². The number of hydrogen-bond acceptors (Lipinski definition) is 4. The fourth-order valence-electron chi connectivity index (χ4n) is 1.52. The first kappa shape index (κ1) is 8.96. The van der Waals surface area contributed by atoms with Crippen molar-refractivity contribution >= 4 is 11.0 Å². The molecule has 2 aromatic heterocycles. The predicted molar refractivity (Wildman–Crippen MR) is 53.1 cm³/mol. The summed E-state index contributed by atoms with van der Waals surface area (Å²) in [7, 11) is 1.55. The second-order valence-corrected chi connectivity index (χ2v) is 3.04. The Hall–Kier alpha value is -1.62. The maximum Gasteiger partial charge on any atom is 0.318 e. The molecule has 0 spiro atoms. The fraction of sp³-hybridized carbons (Fsp3) is 0.333. The van der Waals surface area contributed by atoms with Crippen molar-refractivity contribution < 1.29 is 4.74 Å². The SMILES string of the molecule is COc1nc(C)c2c(CN)c[nH]c2n1. The molecule has 0 saturated heterocycles. The second kappa shape index (κ2) is 3.26. The zero-order chi connectivity index (χ0) is 10.1. The van der Waals surface area contributed by atoms with Gasteiger partial charge in [0.1, 0.15) is 5.65 Å². The zero-order valence-corrected chi connectivity index (χ0v) is 8.16. The monoisotopic (exact) mass is 192 g/mol. The van der Waals surface area contributed by atoms with E-state index in [1.807, 2.05) is 13.1 Å². The molecule has 0 aliphatic rings. The summed E-state index contributed by atoms with van der Waals surface area (Å²) in [6.07, 6.45) is 1.85. The van der Waals surface area contributed by atoms with Crippen LogP contribution in [0.5, 0.6) is 6.01 Å².